The van der Waals surface area contributed by atoms with Crippen molar-refractivity contribution in [2.24, 2.45) is 5.92 Å². The zero-order chi connectivity index (χ0) is 15.5. The van der Waals surface area contributed by atoms with Crippen LogP contribution in [0.15, 0.2) is 30.3 Å². The van der Waals surface area contributed by atoms with E-state index in [1.54, 1.807) is 18.2 Å². The van der Waals surface area contributed by atoms with Gasteiger partial charge < -0.3 is 10.1 Å². The number of carbonyl (C=O) groups excluding carboxylic acids is 1. The number of nitriles is 1. The van der Waals surface area contributed by atoms with E-state index >= 15 is 0 Å². The first-order valence-electron chi connectivity index (χ1n) is 7.02. The van der Waals surface area contributed by atoms with Crippen LogP contribution in [0.3, 0.4) is 0 Å². The summed E-state index contributed by atoms with van der Waals surface area (Å²) in [5, 5.41) is 13.4. The first kappa shape index (κ1) is 14.8. The molecule has 3 rings (SSSR count). The lowest BCUT2D eigenvalue weighted by molar-refractivity contribution is 0.0926. The SMILES string of the molecule is N#C[C@@H](NC(=O)c1ccc2ccc(Cl)cc2n1)[C@@H]1CCOC1. The van der Waals surface area contributed by atoms with Gasteiger partial charge in [-0.1, -0.05) is 23.7 Å². The van der Waals surface area contributed by atoms with Gasteiger partial charge >= 0.3 is 0 Å². The van der Waals surface area contributed by atoms with Crippen LogP contribution >= 0.6 is 11.6 Å². The number of carbonyl (C=O) groups is 1. The first-order chi connectivity index (χ1) is 10.7. The molecule has 1 saturated heterocycles. The third-order valence-corrected chi connectivity index (χ3v) is 3.98. The molecule has 0 bridgehead atoms. The molecule has 2 atom stereocenters. The molecule has 0 radical (unpaired) electrons. The second-order valence-corrected chi connectivity index (χ2v) is 5.67. The van der Waals surface area contributed by atoms with Crippen LogP contribution in [0.1, 0.15) is 16.9 Å². The summed E-state index contributed by atoms with van der Waals surface area (Å²) in [6, 6.07) is 10.4. The Hall–Kier alpha value is -2.16. The minimum absolute atomic E-state index is 0.0313. The lowest BCUT2D eigenvalue weighted by Crippen LogP contribution is -2.39. The maximum Gasteiger partial charge on any atom is 0.270 e. The fourth-order valence-corrected chi connectivity index (χ4v) is 2.67. The van der Waals surface area contributed by atoms with Crippen LogP contribution in [0.4, 0.5) is 0 Å². The molecule has 0 aliphatic carbocycles. The number of benzene rings is 1. The van der Waals surface area contributed by atoms with Crippen molar-refractivity contribution in [3.63, 3.8) is 0 Å². The van der Waals surface area contributed by atoms with Gasteiger partial charge in [0.15, 0.2) is 0 Å². The highest BCUT2D eigenvalue weighted by Crippen LogP contribution is 2.19. The summed E-state index contributed by atoms with van der Waals surface area (Å²) in [6.45, 7) is 1.13. The van der Waals surface area contributed by atoms with Crippen LogP contribution in [0.25, 0.3) is 10.9 Å². The minimum Gasteiger partial charge on any atom is -0.381 e. The topological polar surface area (TPSA) is 75.0 Å². The number of nitrogens with one attached hydrogen (secondary N) is 1. The zero-order valence-electron chi connectivity index (χ0n) is 11.8. The predicted molar refractivity (Wildman–Crippen MR) is 82.5 cm³/mol. The smallest absolute Gasteiger partial charge is 0.270 e. The number of fused-ring (bicyclic) bond motifs is 1. The van der Waals surface area contributed by atoms with Crippen molar-refractivity contribution >= 4 is 28.4 Å². The van der Waals surface area contributed by atoms with Crippen molar-refractivity contribution in [2.45, 2.75) is 12.5 Å². The van der Waals surface area contributed by atoms with Crippen molar-refractivity contribution in [2.75, 3.05) is 13.2 Å². The van der Waals surface area contributed by atoms with E-state index in [9.17, 15) is 10.1 Å². The van der Waals surface area contributed by atoms with Crippen molar-refractivity contribution in [3.8, 4) is 6.07 Å². The minimum atomic E-state index is -0.563. The van der Waals surface area contributed by atoms with Crippen LogP contribution in [-0.4, -0.2) is 30.1 Å². The molecule has 1 amide bonds. The zero-order valence-corrected chi connectivity index (χ0v) is 12.5. The Balaban J connectivity index is 1.80. The van der Waals surface area contributed by atoms with Gasteiger partial charge in [0.25, 0.3) is 5.91 Å². The van der Waals surface area contributed by atoms with Crippen LogP contribution < -0.4 is 5.32 Å². The molecule has 0 unspecified atom stereocenters. The standard InChI is InChI=1S/C16H14ClN3O2/c17-12-3-1-10-2-4-13(19-14(10)7-12)16(21)20-15(8-18)11-5-6-22-9-11/h1-4,7,11,15H,5-6,9H2,(H,20,21)/t11-,15-/m1/s1. The normalized spacial score (nSPS) is 18.8. The molecular weight excluding hydrogens is 302 g/mol. The molecule has 0 spiro atoms. The molecular formula is C16H14ClN3O2. The van der Waals surface area contributed by atoms with Crippen LogP contribution in [0, 0.1) is 17.2 Å². The van der Waals surface area contributed by atoms with Crippen LogP contribution in [0.2, 0.25) is 5.02 Å². The van der Waals surface area contributed by atoms with Gasteiger partial charge in [0.05, 0.1) is 18.2 Å². The van der Waals surface area contributed by atoms with E-state index in [2.05, 4.69) is 16.4 Å². The van der Waals surface area contributed by atoms with Crippen molar-refractivity contribution in [1.82, 2.24) is 10.3 Å². The van der Waals surface area contributed by atoms with E-state index in [1.165, 1.54) is 0 Å². The highest BCUT2D eigenvalue weighted by atomic mass is 35.5. The number of nitrogens with zero attached hydrogens (tertiary/aromatic N) is 2. The molecule has 22 heavy (non-hydrogen) atoms. The fourth-order valence-electron chi connectivity index (χ4n) is 2.50. The largest absolute Gasteiger partial charge is 0.381 e. The number of hydrogen-bond donors (Lipinski definition) is 1. The molecule has 1 N–H and O–H groups in total. The Bertz CT molecular complexity index is 751. The predicted octanol–water partition coefficient (Wildman–Crippen LogP) is 2.55. The van der Waals surface area contributed by atoms with Gasteiger partial charge in [0, 0.05) is 22.9 Å². The molecule has 0 saturated carbocycles. The highest BCUT2D eigenvalue weighted by Gasteiger charge is 2.27. The second-order valence-electron chi connectivity index (χ2n) is 5.24. The van der Waals surface area contributed by atoms with Crippen molar-refractivity contribution in [3.05, 3.63) is 41.0 Å². The van der Waals surface area contributed by atoms with E-state index < -0.39 is 6.04 Å². The number of hydrogen-bond acceptors (Lipinski definition) is 4. The van der Waals surface area contributed by atoms with E-state index in [0.717, 1.165) is 11.8 Å². The van der Waals surface area contributed by atoms with Gasteiger partial charge in [-0.2, -0.15) is 5.26 Å². The first-order valence-corrected chi connectivity index (χ1v) is 7.40. The number of halogens is 1. The molecule has 2 aromatic rings. The highest BCUT2D eigenvalue weighted by molar-refractivity contribution is 6.31. The van der Waals surface area contributed by atoms with E-state index in [4.69, 9.17) is 16.3 Å². The number of ether oxygens (including phenoxy) is 1. The number of pyridine rings is 1. The van der Waals surface area contributed by atoms with Crippen LogP contribution in [0.5, 0.6) is 0 Å². The van der Waals surface area contributed by atoms with Crippen molar-refractivity contribution < 1.29 is 9.53 Å². The molecule has 5 nitrogen and oxygen atoms in total. The number of amides is 1. The Morgan fingerprint density at radius 3 is 3.00 bits per heavy atom. The lowest BCUT2D eigenvalue weighted by Gasteiger charge is -2.16. The molecule has 1 aliphatic heterocycles. The molecule has 1 aliphatic rings. The van der Waals surface area contributed by atoms with Gasteiger partial charge in [0.1, 0.15) is 11.7 Å². The van der Waals surface area contributed by atoms with E-state index in [0.29, 0.717) is 23.8 Å². The van der Waals surface area contributed by atoms with Crippen LogP contribution in [-0.2, 0) is 4.74 Å². The molecule has 1 fully saturated rings. The fraction of sp³-hybridized carbons (Fsp3) is 0.312. The third-order valence-electron chi connectivity index (χ3n) is 3.75. The maximum absolute atomic E-state index is 12.3. The van der Waals surface area contributed by atoms with Gasteiger partial charge in [-0.15, -0.1) is 0 Å². The summed E-state index contributed by atoms with van der Waals surface area (Å²) in [5.74, 6) is -0.329. The van der Waals surface area contributed by atoms with Gasteiger partial charge in [-0.05, 0) is 24.6 Å². The Kier molecular flexibility index (Phi) is 4.23. The summed E-state index contributed by atoms with van der Waals surface area (Å²) in [7, 11) is 0. The molecule has 2 heterocycles. The lowest BCUT2D eigenvalue weighted by atomic mass is 10.00. The molecule has 1 aromatic carbocycles. The Labute approximate surface area is 132 Å². The average Bonchev–Trinajstić information content (AvgIpc) is 3.05. The summed E-state index contributed by atoms with van der Waals surface area (Å²) in [5.41, 5.74) is 0.923. The summed E-state index contributed by atoms with van der Waals surface area (Å²) >= 11 is 5.95. The van der Waals surface area contributed by atoms with E-state index in [-0.39, 0.29) is 17.5 Å². The second kappa shape index (κ2) is 6.30. The quantitative estimate of drug-likeness (QED) is 0.944. The van der Waals surface area contributed by atoms with E-state index in [1.807, 2.05) is 12.1 Å². The summed E-state index contributed by atoms with van der Waals surface area (Å²) in [6.07, 6.45) is 0.777. The summed E-state index contributed by atoms with van der Waals surface area (Å²) < 4.78 is 5.27. The Morgan fingerprint density at radius 1 is 1.45 bits per heavy atom. The number of rotatable bonds is 3. The van der Waals surface area contributed by atoms with Crippen molar-refractivity contribution in [1.29, 1.82) is 5.26 Å². The molecule has 6 heteroatoms. The molecule has 112 valence electrons. The van der Waals surface area contributed by atoms with Gasteiger partial charge in [0.2, 0.25) is 0 Å². The average molecular weight is 316 g/mol. The maximum atomic E-state index is 12.3. The summed E-state index contributed by atoms with van der Waals surface area (Å²) in [4.78, 5) is 16.6. The third kappa shape index (κ3) is 3.03. The van der Waals surface area contributed by atoms with Gasteiger partial charge in [-0.3, -0.25) is 4.79 Å². The van der Waals surface area contributed by atoms with Gasteiger partial charge in [-0.25, -0.2) is 4.98 Å². The molecule has 1 aromatic heterocycles. The number of aromatic nitrogens is 1. The Morgan fingerprint density at radius 2 is 2.27 bits per heavy atom. The monoisotopic (exact) mass is 315 g/mol.